The first-order valence-corrected chi connectivity index (χ1v) is 8.34. The van der Waals surface area contributed by atoms with E-state index in [-0.39, 0.29) is 22.8 Å². The van der Waals surface area contributed by atoms with Gasteiger partial charge in [-0.2, -0.15) is 4.31 Å². The molecule has 0 saturated heterocycles. The summed E-state index contributed by atoms with van der Waals surface area (Å²) in [5.41, 5.74) is 0.497. The van der Waals surface area contributed by atoms with E-state index in [0.717, 1.165) is 0 Å². The number of sulfonamides is 1. The van der Waals surface area contributed by atoms with Crippen LogP contribution in [-0.2, 0) is 14.8 Å². The van der Waals surface area contributed by atoms with Gasteiger partial charge in [-0.1, -0.05) is 17.7 Å². The highest BCUT2D eigenvalue weighted by Gasteiger charge is 2.32. The molecule has 6 nitrogen and oxygen atoms in total. The van der Waals surface area contributed by atoms with Gasteiger partial charge in [-0.15, -0.1) is 0 Å². The summed E-state index contributed by atoms with van der Waals surface area (Å²) in [7, 11) is -2.23. The minimum Gasteiger partial charge on any atom is -0.383 e. The van der Waals surface area contributed by atoms with Crippen molar-refractivity contribution in [1.29, 1.82) is 0 Å². The number of methoxy groups -OCH3 is 1. The molecule has 2 aromatic heterocycles. The highest BCUT2D eigenvalue weighted by Crippen LogP contribution is 2.26. The third kappa shape index (κ3) is 3.06. The van der Waals surface area contributed by atoms with Gasteiger partial charge in [-0.05, 0) is 26.0 Å². The van der Waals surface area contributed by atoms with Crippen LogP contribution in [-0.4, -0.2) is 48.4 Å². The maximum absolute atomic E-state index is 12.9. The first-order valence-electron chi connectivity index (χ1n) is 6.53. The van der Waals surface area contributed by atoms with Crippen LogP contribution in [0.3, 0.4) is 0 Å². The van der Waals surface area contributed by atoms with E-state index in [0.29, 0.717) is 12.3 Å². The number of rotatable bonds is 6. The Kier molecular flexibility index (Phi) is 4.88. The van der Waals surface area contributed by atoms with Crippen LogP contribution in [0.1, 0.15) is 13.8 Å². The van der Waals surface area contributed by atoms with Gasteiger partial charge in [0.15, 0.2) is 10.2 Å². The van der Waals surface area contributed by atoms with Crippen LogP contribution in [0, 0.1) is 0 Å². The van der Waals surface area contributed by atoms with E-state index < -0.39 is 10.0 Å². The second-order valence-electron chi connectivity index (χ2n) is 4.84. The number of hydrogen-bond donors (Lipinski definition) is 0. The number of nitrogens with zero attached hydrogens (tertiary/aromatic N) is 3. The van der Waals surface area contributed by atoms with Crippen molar-refractivity contribution in [3.8, 4) is 0 Å². The maximum Gasteiger partial charge on any atom is 0.262 e. The number of pyridine rings is 1. The minimum absolute atomic E-state index is 0.00966. The summed E-state index contributed by atoms with van der Waals surface area (Å²) in [5.74, 6) is 0. The lowest BCUT2D eigenvalue weighted by molar-refractivity contribution is 0.170. The lowest BCUT2D eigenvalue weighted by Crippen LogP contribution is -2.39. The fourth-order valence-corrected chi connectivity index (χ4v) is 4.35. The van der Waals surface area contributed by atoms with Crippen LogP contribution in [0.2, 0.25) is 5.15 Å². The van der Waals surface area contributed by atoms with Gasteiger partial charge in [0.05, 0.1) is 6.61 Å². The Labute approximate surface area is 129 Å². The second-order valence-corrected chi connectivity index (χ2v) is 7.00. The molecule has 116 valence electrons. The van der Waals surface area contributed by atoms with Gasteiger partial charge in [0, 0.05) is 25.9 Å². The molecule has 0 aliphatic heterocycles. The largest absolute Gasteiger partial charge is 0.383 e. The van der Waals surface area contributed by atoms with E-state index in [4.69, 9.17) is 16.3 Å². The average Bonchev–Trinajstić information content (AvgIpc) is 2.74. The Bertz CT molecular complexity index is 727. The molecule has 0 fully saturated rings. The molecule has 0 aliphatic carbocycles. The monoisotopic (exact) mass is 331 g/mol. The number of imidazole rings is 1. The topological polar surface area (TPSA) is 63.9 Å². The summed E-state index contributed by atoms with van der Waals surface area (Å²) < 4.78 is 33.6. The van der Waals surface area contributed by atoms with Crippen molar-refractivity contribution in [2.24, 2.45) is 0 Å². The van der Waals surface area contributed by atoms with Gasteiger partial charge >= 0.3 is 0 Å². The Morgan fingerprint density at radius 2 is 2.14 bits per heavy atom. The van der Waals surface area contributed by atoms with Crippen LogP contribution in [0.15, 0.2) is 29.4 Å². The molecule has 0 bridgehead atoms. The summed E-state index contributed by atoms with van der Waals surface area (Å²) in [5, 5.41) is -0.0335. The van der Waals surface area contributed by atoms with Crippen LogP contribution in [0.4, 0.5) is 0 Å². The molecule has 0 N–H and O–H groups in total. The molecule has 2 aromatic rings. The van der Waals surface area contributed by atoms with Crippen molar-refractivity contribution >= 4 is 27.3 Å². The Hall–Kier alpha value is -1.15. The van der Waals surface area contributed by atoms with Gasteiger partial charge in [0.25, 0.3) is 10.0 Å². The number of ether oxygens (including phenoxy) is 1. The third-order valence-corrected chi connectivity index (χ3v) is 5.57. The molecule has 0 saturated carbocycles. The van der Waals surface area contributed by atoms with Gasteiger partial charge < -0.3 is 4.74 Å². The minimum atomic E-state index is -3.76. The molecule has 0 aromatic carbocycles. The summed E-state index contributed by atoms with van der Waals surface area (Å²) in [4.78, 5) is 4.09. The second kappa shape index (κ2) is 6.31. The molecular weight excluding hydrogens is 314 g/mol. The maximum atomic E-state index is 12.9. The van der Waals surface area contributed by atoms with Crippen molar-refractivity contribution in [1.82, 2.24) is 13.7 Å². The summed E-state index contributed by atoms with van der Waals surface area (Å²) in [6.45, 7) is 4.19. The molecular formula is C13H18ClN3O3S. The van der Waals surface area contributed by atoms with E-state index >= 15 is 0 Å². The van der Waals surface area contributed by atoms with Crippen LogP contribution in [0.25, 0.3) is 5.65 Å². The molecule has 21 heavy (non-hydrogen) atoms. The standard InChI is InChI=1S/C13H18ClN3O3S/c1-10(2)17(8-9-20-3)21(18,19)13-12(14)15-11-6-4-5-7-16(11)13/h4-7,10H,8-9H2,1-3H3. The fraction of sp³-hybridized carbons (Fsp3) is 0.462. The predicted molar refractivity (Wildman–Crippen MR) is 81.1 cm³/mol. The Morgan fingerprint density at radius 1 is 1.43 bits per heavy atom. The number of hydrogen-bond acceptors (Lipinski definition) is 4. The SMILES string of the molecule is COCCN(C(C)C)S(=O)(=O)c1c(Cl)nc2ccccn12. The van der Waals surface area contributed by atoms with Gasteiger partial charge in [0.2, 0.25) is 0 Å². The Balaban J connectivity index is 2.57. The zero-order valence-electron chi connectivity index (χ0n) is 12.2. The number of fused-ring (bicyclic) bond motifs is 1. The number of aromatic nitrogens is 2. The smallest absolute Gasteiger partial charge is 0.262 e. The molecule has 8 heteroatoms. The quantitative estimate of drug-likeness (QED) is 0.812. The van der Waals surface area contributed by atoms with Crippen LogP contribution < -0.4 is 0 Å². The molecule has 0 radical (unpaired) electrons. The zero-order valence-corrected chi connectivity index (χ0v) is 13.7. The van der Waals surface area contributed by atoms with E-state index in [1.807, 2.05) is 13.8 Å². The molecule has 0 aliphatic rings. The molecule has 0 atom stereocenters. The van der Waals surface area contributed by atoms with E-state index in [2.05, 4.69) is 4.98 Å². The van der Waals surface area contributed by atoms with Crippen molar-refractivity contribution in [2.75, 3.05) is 20.3 Å². The first kappa shape index (κ1) is 16.2. The molecule has 0 amide bonds. The molecule has 0 unspecified atom stereocenters. The summed E-state index contributed by atoms with van der Waals surface area (Å²) >= 11 is 6.07. The number of halogens is 1. The van der Waals surface area contributed by atoms with Crippen LogP contribution in [0.5, 0.6) is 0 Å². The van der Waals surface area contributed by atoms with Gasteiger partial charge in [-0.25, -0.2) is 13.4 Å². The van der Waals surface area contributed by atoms with Crippen molar-refractivity contribution < 1.29 is 13.2 Å². The van der Waals surface area contributed by atoms with Gasteiger partial charge in [-0.3, -0.25) is 4.40 Å². The lowest BCUT2D eigenvalue weighted by atomic mass is 10.4. The average molecular weight is 332 g/mol. The third-order valence-electron chi connectivity index (χ3n) is 3.09. The van der Waals surface area contributed by atoms with Crippen LogP contribution >= 0.6 is 11.6 Å². The highest BCUT2D eigenvalue weighted by atomic mass is 35.5. The van der Waals surface area contributed by atoms with E-state index in [1.54, 1.807) is 24.4 Å². The summed E-state index contributed by atoms with van der Waals surface area (Å²) in [6, 6.07) is 5.01. The Morgan fingerprint density at radius 3 is 2.76 bits per heavy atom. The highest BCUT2D eigenvalue weighted by molar-refractivity contribution is 7.89. The van der Waals surface area contributed by atoms with Crippen molar-refractivity contribution in [3.05, 3.63) is 29.5 Å². The van der Waals surface area contributed by atoms with E-state index in [9.17, 15) is 8.42 Å². The zero-order chi connectivity index (χ0) is 15.6. The fourth-order valence-electron chi connectivity index (χ4n) is 2.12. The molecule has 2 heterocycles. The lowest BCUT2D eigenvalue weighted by Gasteiger charge is -2.25. The molecule has 0 spiro atoms. The van der Waals surface area contributed by atoms with Gasteiger partial charge in [0.1, 0.15) is 5.65 Å². The predicted octanol–water partition coefficient (Wildman–Crippen LogP) is 2.03. The van der Waals surface area contributed by atoms with E-state index in [1.165, 1.54) is 15.8 Å². The normalized spacial score (nSPS) is 12.7. The molecule has 2 rings (SSSR count). The first-order chi connectivity index (χ1) is 9.89. The summed E-state index contributed by atoms with van der Waals surface area (Å²) in [6.07, 6.45) is 1.63. The van der Waals surface area contributed by atoms with Crippen molar-refractivity contribution in [3.63, 3.8) is 0 Å². The van der Waals surface area contributed by atoms with Crippen molar-refractivity contribution in [2.45, 2.75) is 24.9 Å².